The van der Waals surface area contributed by atoms with Gasteiger partial charge in [-0.15, -0.1) is 5.10 Å². The molecule has 3 rings (SSSR count). The van der Waals surface area contributed by atoms with Gasteiger partial charge in [-0.3, -0.25) is 9.78 Å². The smallest absolute Gasteiger partial charge is 0.251 e. The van der Waals surface area contributed by atoms with Crippen LogP contribution in [0.4, 0.5) is 14.7 Å². The maximum absolute atomic E-state index is 13.1. The average molecular weight is 282 g/mol. The first-order chi connectivity index (χ1) is 9.44. The summed E-state index contributed by atoms with van der Waals surface area (Å²) in [6.07, 6.45) is -0.306. The van der Waals surface area contributed by atoms with Crippen LogP contribution in [-0.4, -0.2) is 44.0 Å². The minimum atomic E-state index is -2.56. The molecule has 108 valence electrons. The van der Waals surface area contributed by atoms with Gasteiger partial charge in [0.1, 0.15) is 5.69 Å². The van der Waals surface area contributed by atoms with Gasteiger partial charge >= 0.3 is 0 Å². The van der Waals surface area contributed by atoms with E-state index in [1.165, 1.54) is 0 Å². The number of halogens is 2. The summed E-state index contributed by atoms with van der Waals surface area (Å²) in [4.78, 5) is 6.12. The number of nitrogens with zero attached hydrogens (tertiary/aromatic N) is 5. The molecule has 8 heteroatoms. The molecule has 0 bridgehead atoms. The van der Waals surface area contributed by atoms with Crippen molar-refractivity contribution in [3.05, 3.63) is 11.8 Å². The topological polar surface area (TPSA) is 62.6 Å². The SMILES string of the molecule is Cc1cc(-c2nc(N3CCC(F)(F)CC3)n[nH]2)nn1C. The zero-order chi connectivity index (χ0) is 14.3. The molecule has 3 heterocycles. The third-order valence-electron chi connectivity index (χ3n) is 3.61. The highest BCUT2D eigenvalue weighted by molar-refractivity contribution is 5.51. The van der Waals surface area contributed by atoms with Crippen LogP contribution in [0.3, 0.4) is 0 Å². The van der Waals surface area contributed by atoms with Crippen molar-refractivity contribution in [3.63, 3.8) is 0 Å². The number of nitrogens with one attached hydrogen (secondary N) is 1. The summed E-state index contributed by atoms with van der Waals surface area (Å²) in [7, 11) is 1.85. The largest absolute Gasteiger partial charge is 0.339 e. The van der Waals surface area contributed by atoms with E-state index in [2.05, 4.69) is 20.3 Å². The number of alkyl halides is 2. The van der Waals surface area contributed by atoms with E-state index in [0.29, 0.717) is 17.5 Å². The van der Waals surface area contributed by atoms with Crippen molar-refractivity contribution in [3.8, 4) is 11.5 Å². The lowest BCUT2D eigenvalue weighted by Gasteiger charge is -2.30. The van der Waals surface area contributed by atoms with Crippen LogP contribution in [0.2, 0.25) is 0 Å². The van der Waals surface area contributed by atoms with E-state index in [1.54, 1.807) is 9.58 Å². The van der Waals surface area contributed by atoms with Crippen LogP contribution >= 0.6 is 0 Å². The molecule has 2 aromatic heterocycles. The Morgan fingerprint density at radius 1 is 1.30 bits per heavy atom. The number of hydrogen-bond donors (Lipinski definition) is 1. The summed E-state index contributed by atoms with van der Waals surface area (Å²) in [5.41, 5.74) is 1.71. The summed E-state index contributed by atoms with van der Waals surface area (Å²) in [5.74, 6) is -1.55. The Morgan fingerprint density at radius 2 is 2.00 bits per heavy atom. The van der Waals surface area contributed by atoms with Crippen LogP contribution in [0.15, 0.2) is 6.07 Å². The van der Waals surface area contributed by atoms with Gasteiger partial charge in [-0.1, -0.05) is 0 Å². The number of anilines is 1. The minimum Gasteiger partial charge on any atom is -0.339 e. The molecule has 2 aromatic rings. The molecule has 1 saturated heterocycles. The zero-order valence-electron chi connectivity index (χ0n) is 11.4. The highest BCUT2D eigenvalue weighted by Crippen LogP contribution is 2.29. The van der Waals surface area contributed by atoms with Gasteiger partial charge in [-0.25, -0.2) is 8.78 Å². The van der Waals surface area contributed by atoms with E-state index >= 15 is 0 Å². The highest BCUT2D eigenvalue weighted by Gasteiger charge is 2.35. The fraction of sp³-hybridized carbons (Fsp3) is 0.583. The molecule has 0 aliphatic carbocycles. The van der Waals surface area contributed by atoms with Crippen LogP contribution in [0.25, 0.3) is 11.5 Å². The maximum atomic E-state index is 13.1. The first-order valence-corrected chi connectivity index (χ1v) is 6.51. The Labute approximate surface area is 114 Å². The Bertz CT molecular complexity index is 588. The Hall–Kier alpha value is -1.99. The normalized spacial score (nSPS) is 18.5. The van der Waals surface area contributed by atoms with Crippen LogP contribution < -0.4 is 4.90 Å². The lowest BCUT2D eigenvalue weighted by molar-refractivity contribution is -0.0222. The standard InChI is InChI=1S/C12H16F2N6/c1-8-7-9(18-19(8)2)10-15-11(17-16-10)20-5-3-12(13,14)4-6-20/h7H,3-6H2,1-2H3,(H,15,16,17). The lowest BCUT2D eigenvalue weighted by Crippen LogP contribution is -2.39. The van der Waals surface area contributed by atoms with E-state index in [-0.39, 0.29) is 25.9 Å². The van der Waals surface area contributed by atoms with Crippen molar-refractivity contribution in [2.75, 3.05) is 18.0 Å². The molecule has 0 radical (unpaired) electrons. The molecule has 0 unspecified atom stereocenters. The molecule has 0 aromatic carbocycles. The number of aryl methyl sites for hydroxylation is 2. The summed E-state index contributed by atoms with van der Waals surface area (Å²) in [6.45, 7) is 2.48. The first kappa shape index (κ1) is 13.0. The number of rotatable bonds is 2. The lowest BCUT2D eigenvalue weighted by atomic mass is 10.1. The van der Waals surface area contributed by atoms with Gasteiger partial charge < -0.3 is 4.90 Å². The van der Waals surface area contributed by atoms with E-state index in [4.69, 9.17) is 0 Å². The van der Waals surface area contributed by atoms with Crippen molar-refractivity contribution in [2.45, 2.75) is 25.7 Å². The third kappa shape index (κ3) is 2.37. The van der Waals surface area contributed by atoms with Gasteiger partial charge in [0, 0.05) is 38.7 Å². The van der Waals surface area contributed by atoms with Gasteiger partial charge in [-0.05, 0) is 13.0 Å². The molecule has 0 spiro atoms. The minimum absolute atomic E-state index is 0.153. The van der Waals surface area contributed by atoms with Crippen molar-refractivity contribution in [2.24, 2.45) is 7.05 Å². The Morgan fingerprint density at radius 3 is 2.60 bits per heavy atom. The second-order valence-corrected chi connectivity index (χ2v) is 5.12. The van der Waals surface area contributed by atoms with Gasteiger partial charge in [0.15, 0.2) is 5.82 Å². The molecular weight excluding hydrogens is 266 g/mol. The summed E-state index contributed by atoms with van der Waals surface area (Å²) >= 11 is 0. The van der Waals surface area contributed by atoms with Crippen molar-refractivity contribution < 1.29 is 8.78 Å². The van der Waals surface area contributed by atoms with Crippen molar-refractivity contribution >= 4 is 5.95 Å². The highest BCUT2D eigenvalue weighted by atomic mass is 19.3. The molecule has 0 atom stereocenters. The fourth-order valence-corrected chi connectivity index (χ4v) is 2.22. The predicted octanol–water partition coefficient (Wildman–Crippen LogP) is 1.75. The van der Waals surface area contributed by atoms with E-state index < -0.39 is 5.92 Å². The molecule has 0 saturated carbocycles. The van der Waals surface area contributed by atoms with Crippen LogP contribution in [0.1, 0.15) is 18.5 Å². The summed E-state index contributed by atoms with van der Waals surface area (Å²) in [5, 5.41) is 11.2. The number of piperidine rings is 1. The molecule has 6 nitrogen and oxygen atoms in total. The van der Waals surface area contributed by atoms with Gasteiger partial charge in [0.05, 0.1) is 0 Å². The quantitative estimate of drug-likeness (QED) is 0.911. The molecular formula is C12H16F2N6. The number of hydrogen-bond acceptors (Lipinski definition) is 4. The zero-order valence-corrected chi connectivity index (χ0v) is 11.4. The number of aromatic amines is 1. The van der Waals surface area contributed by atoms with Gasteiger partial charge in [0.25, 0.3) is 5.92 Å². The average Bonchev–Trinajstić information content (AvgIpc) is 2.98. The molecule has 1 fully saturated rings. The predicted molar refractivity (Wildman–Crippen MR) is 69.7 cm³/mol. The number of aromatic nitrogens is 5. The van der Waals surface area contributed by atoms with Crippen LogP contribution in [0, 0.1) is 6.92 Å². The monoisotopic (exact) mass is 282 g/mol. The Balaban J connectivity index is 1.77. The fourth-order valence-electron chi connectivity index (χ4n) is 2.22. The van der Waals surface area contributed by atoms with E-state index in [9.17, 15) is 8.78 Å². The second-order valence-electron chi connectivity index (χ2n) is 5.12. The van der Waals surface area contributed by atoms with E-state index in [1.807, 2.05) is 20.0 Å². The van der Waals surface area contributed by atoms with Crippen LogP contribution in [0.5, 0.6) is 0 Å². The van der Waals surface area contributed by atoms with E-state index in [0.717, 1.165) is 5.69 Å². The third-order valence-corrected chi connectivity index (χ3v) is 3.61. The molecule has 1 aliphatic rings. The molecule has 0 amide bonds. The van der Waals surface area contributed by atoms with Gasteiger partial charge in [0.2, 0.25) is 5.95 Å². The van der Waals surface area contributed by atoms with Crippen molar-refractivity contribution in [1.29, 1.82) is 0 Å². The van der Waals surface area contributed by atoms with Gasteiger partial charge in [-0.2, -0.15) is 10.1 Å². The second kappa shape index (κ2) is 4.53. The molecule has 20 heavy (non-hydrogen) atoms. The van der Waals surface area contributed by atoms with Crippen LogP contribution in [-0.2, 0) is 7.05 Å². The maximum Gasteiger partial charge on any atom is 0.251 e. The Kier molecular flexibility index (Phi) is 2.95. The molecule has 1 N–H and O–H groups in total. The number of H-pyrrole nitrogens is 1. The summed E-state index contributed by atoms with van der Waals surface area (Å²) in [6, 6.07) is 1.90. The van der Waals surface area contributed by atoms with Crippen molar-refractivity contribution in [1.82, 2.24) is 25.0 Å². The first-order valence-electron chi connectivity index (χ1n) is 6.51. The molecule has 1 aliphatic heterocycles. The summed E-state index contributed by atoms with van der Waals surface area (Å²) < 4.78 is 28.0.